The highest BCUT2D eigenvalue weighted by atomic mass is 79.9. The highest BCUT2D eigenvalue weighted by Crippen LogP contribution is 2.22. The number of hydrogen-bond acceptors (Lipinski definition) is 5. The molecule has 2 heterocycles. The summed E-state index contributed by atoms with van der Waals surface area (Å²) in [5.41, 5.74) is 2.76. The number of thiophene rings is 1. The molecule has 2 aromatic rings. The molecule has 0 saturated heterocycles. The van der Waals surface area contributed by atoms with Gasteiger partial charge >= 0.3 is 0 Å². The Bertz CT molecular complexity index is 572. The van der Waals surface area contributed by atoms with Gasteiger partial charge in [0.15, 0.2) is 0 Å². The first-order chi connectivity index (χ1) is 9.19. The lowest BCUT2D eigenvalue weighted by Crippen LogP contribution is -2.26. The maximum Gasteiger partial charge on any atom is 0.269 e. The Hall–Kier alpha value is -1.44. The van der Waals surface area contributed by atoms with E-state index in [-0.39, 0.29) is 5.91 Å². The van der Waals surface area contributed by atoms with Crippen LogP contribution in [0, 0.1) is 0 Å². The smallest absolute Gasteiger partial charge is 0.269 e. The number of hydrazine groups is 1. The summed E-state index contributed by atoms with van der Waals surface area (Å²) in [5, 5.41) is 2.83. The molecule has 0 aromatic carbocycles. The van der Waals surface area contributed by atoms with E-state index >= 15 is 0 Å². The van der Waals surface area contributed by atoms with E-state index in [4.69, 9.17) is 5.84 Å². The van der Waals surface area contributed by atoms with Crippen molar-refractivity contribution in [3.05, 3.63) is 44.7 Å². The van der Waals surface area contributed by atoms with Crippen LogP contribution in [0.1, 0.15) is 15.4 Å². The molecule has 7 heteroatoms. The van der Waals surface area contributed by atoms with Crippen molar-refractivity contribution in [3.8, 4) is 0 Å². The largest absolute Gasteiger partial charge is 0.350 e. The number of hydrogen-bond donors (Lipinski definition) is 3. The third-order valence-corrected chi connectivity index (χ3v) is 4.10. The molecule has 1 amide bonds. The molecule has 0 spiro atoms. The number of nitrogens with one attached hydrogen (secondary N) is 2. The van der Waals surface area contributed by atoms with E-state index in [1.54, 1.807) is 29.5 Å². The van der Waals surface area contributed by atoms with Crippen LogP contribution in [0.25, 0.3) is 0 Å². The Kier molecular flexibility index (Phi) is 4.89. The molecule has 0 fully saturated rings. The van der Waals surface area contributed by atoms with Crippen LogP contribution in [0.2, 0.25) is 0 Å². The average molecular weight is 341 g/mol. The van der Waals surface area contributed by atoms with Crippen molar-refractivity contribution in [2.24, 2.45) is 5.84 Å². The first-order valence-corrected chi connectivity index (χ1v) is 7.26. The number of nitrogens with two attached hydrogens (primary N) is 1. The number of nitrogen functional groups attached to an aromatic ring is 1. The molecule has 19 heavy (non-hydrogen) atoms. The zero-order valence-corrected chi connectivity index (χ0v) is 12.4. The summed E-state index contributed by atoms with van der Waals surface area (Å²) in [6, 6.07) is 9.11. The van der Waals surface area contributed by atoms with Crippen molar-refractivity contribution in [1.29, 1.82) is 0 Å². The van der Waals surface area contributed by atoms with Crippen molar-refractivity contribution in [2.45, 2.75) is 6.42 Å². The number of rotatable bonds is 5. The summed E-state index contributed by atoms with van der Waals surface area (Å²) >= 11 is 5.07. The second-order valence-electron chi connectivity index (χ2n) is 3.76. The molecule has 0 aliphatic rings. The SMILES string of the molecule is NNc1cccc(C(=O)NCCc2ccc(Br)s2)n1. The third kappa shape index (κ3) is 4.02. The molecule has 0 bridgehead atoms. The Labute approximate surface area is 123 Å². The summed E-state index contributed by atoms with van der Waals surface area (Å²) < 4.78 is 1.09. The van der Waals surface area contributed by atoms with E-state index in [1.807, 2.05) is 12.1 Å². The van der Waals surface area contributed by atoms with Gasteiger partial charge in [-0.3, -0.25) is 4.79 Å². The predicted molar refractivity (Wildman–Crippen MR) is 80.1 cm³/mol. The lowest BCUT2D eigenvalue weighted by Gasteiger charge is -2.05. The number of carbonyl (C=O) groups is 1. The van der Waals surface area contributed by atoms with Crippen molar-refractivity contribution in [1.82, 2.24) is 10.3 Å². The van der Waals surface area contributed by atoms with Gasteiger partial charge in [0.25, 0.3) is 5.91 Å². The van der Waals surface area contributed by atoms with E-state index in [2.05, 4.69) is 31.7 Å². The standard InChI is InChI=1S/C12H13BrN4OS/c13-10-5-4-8(19-10)6-7-15-12(18)9-2-1-3-11(16-9)17-14/h1-5H,6-7,14H2,(H,15,18)(H,16,17). The number of pyridine rings is 1. The summed E-state index contributed by atoms with van der Waals surface area (Å²) in [4.78, 5) is 17.1. The highest BCUT2D eigenvalue weighted by molar-refractivity contribution is 9.11. The number of anilines is 1. The van der Waals surface area contributed by atoms with Crippen LogP contribution in [-0.2, 0) is 6.42 Å². The molecule has 0 aliphatic carbocycles. The minimum Gasteiger partial charge on any atom is -0.350 e. The third-order valence-electron chi connectivity index (χ3n) is 2.42. The molecule has 0 saturated carbocycles. The molecular formula is C12H13BrN4OS. The molecule has 4 N–H and O–H groups in total. The molecule has 0 aliphatic heterocycles. The van der Waals surface area contributed by atoms with Gasteiger partial charge in [-0.25, -0.2) is 10.8 Å². The summed E-state index contributed by atoms with van der Waals surface area (Å²) in [5.74, 6) is 5.52. The molecule has 0 atom stereocenters. The van der Waals surface area contributed by atoms with E-state index in [9.17, 15) is 4.79 Å². The normalized spacial score (nSPS) is 10.2. The maximum atomic E-state index is 11.9. The van der Waals surface area contributed by atoms with Crippen molar-refractivity contribution < 1.29 is 4.79 Å². The predicted octanol–water partition coefficient (Wildman–Crippen LogP) is 2.16. The lowest BCUT2D eigenvalue weighted by atomic mass is 10.3. The molecule has 2 rings (SSSR count). The summed E-state index contributed by atoms with van der Waals surface area (Å²) in [6.07, 6.45) is 0.802. The van der Waals surface area contributed by atoms with Gasteiger partial charge in [0, 0.05) is 11.4 Å². The Morgan fingerprint density at radius 2 is 2.21 bits per heavy atom. The van der Waals surface area contributed by atoms with Crippen LogP contribution in [0.3, 0.4) is 0 Å². The second-order valence-corrected chi connectivity index (χ2v) is 6.31. The van der Waals surface area contributed by atoms with Crippen LogP contribution < -0.4 is 16.6 Å². The fraction of sp³-hybridized carbons (Fsp3) is 0.167. The van der Waals surface area contributed by atoms with Gasteiger partial charge in [-0.2, -0.15) is 0 Å². The van der Waals surface area contributed by atoms with Crippen molar-refractivity contribution in [3.63, 3.8) is 0 Å². The molecule has 0 unspecified atom stereocenters. The fourth-order valence-corrected chi connectivity index (χ4v) is 3.00. The van der Waals surface area contributed by atoms with Crippen molar-refractivity contribution >= 4 is 39.0 Å². The van der Waals surface area contributed by atoms with E-state index < -0.39 is 0 Å². The maximum absolute atomic E-state index is 11.9. The Morgan fingerprint density at radius 3 is 2.89 bits per heavy atom. The topological polar surface area (TPSA) is 80.0 Å². The van der Waals surface area contributed by atoms with E-state index in [0.717, 1.165) is 10.2 Å². The summed E-state index contributed by atoms with van der Waals surface area (Å²) in [7, 11) is 0. The van der Waals surface area contributed by atoms with Crippen LogP contribution in [0.15, 0.2) is 34.1 Å². The average Bonchev–Trinajstić information content (AvgIpc) is 2.84. The van der Waals surface area contributed by atoms with Crippen LogP contribution in [-0.4, -0.2) is 17.4 Å². The Balaban J connectivity index is 1.87. The van der Waals surface area contributed by atoms with Gasteiger partial charge in [0.1, 0.15) is 11.5 Å². The van der Waals surface area contributed by atoms with Gasteiger partial charge < -0.3 is 10.7 Å². The Morgan fingerprint density at radius 1 is 1.37 bits per heavy atom. The molecule has 2 aromatic heterocycles. The monoisotopic (exact) mass is 340 g/mol. The highest BCUT2D eigenvalue weighted by Gasteiger charge is 2.07. The molecule has 0 radical (unpaired) electrons. The lowest BCUT2D eigenvalue weighted by molar-refractivity contribution is 0.0949. The number of amides is 1. The minimum atomic E-state index is -0.201. The van der Waals surface area contributed by atoms with Crippen LogP contribution >= 0.6 is 27.3 Å². The zero-order chi connectivity index (χ0) is 13.7. The van der Waals surface area contributed by atoms with E-state index in [1.165, 1.54) is 4.88 Å². The van der Waals surface area contributed by atoms with Gasteiger partial charge in [-0.15, -0.1) is 11.3 Å². The number of carbonyl (C=O) groups excluding carboxylic acids is 1. The zero-order valence-electron chi connectivity index (χ0n) is 10.0. The quantitative estimate of drug-likeness (QED) is 0.575. The fourth-order valence-electron chi connectivity index (χ4n) is 1.52. The van der Waals surface area contributed by atoms with Gasteiger partial charge in [-0.1, -0.05) is 6.07 Å². The number of nitrogens with zero attached hydrogens (tertiary/aromatic N) is 1. The van der Waals surface area contributed by atoms with E-state index in [0.29, 0.717) is 18.1 Å². The number of halogens is 1. The minimum absolute atomic E-state index is 0.201. The van der Waals surface area contributed by atoms with Crippen molar-refractivity contribution in [2.75, 3.05) is 12.0 Å². The van der Waals surface area contributed by atoms with Gasteiger partial charge in [0.05, 0.1) is 3.79 Å². The first-order valence-electron chi connectivity index (χ1n) is 5.65. The second kappa shape index (κ2) is 6.65. The van der Waals surface area contributed by atoms with Gasteiger partial charge in [-0.05, 0) is 46.6 Å². The van der Waals surface area contributed by atoms with Gasteiger partial charge in [0.2, 0.25) is 0 Å². The van der Waals surface area contributed by atoms with Crippen LogP contribution in [0.4, 0.5) is 5.82 Å². The molecule has 100 valence electrons. The summed E-state index contributed by atoms with van der Waals surface area (Å²) in [6.45, 7) is 0.577. The number of aromatic nitrogens is 1. The molecule has 5 nitrogen and oxygen atoms in total. The van der Waals surface area contributed by atoms with Crippen LogP contribution in [0.5, 0.6) is 0 Å². The first kappa shape index (κ1) is 14.0. The molecular weight excluding hydrogens is 328 g/mol.